The van der Waals surface area contributed by atoms with Crippen molar-refractivity contribution in [2.24, 2.45) is 0 Å². The van der Waals surface area contributed by atoms with E-state index in [4.69, 9.17) is 5.10 Å². The number of fused-ring (bicyclic) bond motifs is 1. The molecule has 3 heterocycles. The monoisotopic (exact) mass is 368 g/mol. The van der Waals surface area contributed by atoms with Gasteiger partial charge in [0.05, 0.1) is 12.2 Å². The number of aromatic nitrogens is 4. The van der Waals surface area contributed by atoms with Gasteiger partial charge in [0.1, 0.15) is 11.3 Å². The Morgan fingerprint density at radius 2 is 2.07 bits per heavy atom. The van der Waals surface area contributed by atoms with Gasteiger partial charge < -0.3 is 10.6 Å². The average Bonchev–Trinajstić information content (AvgIpc) is 3.32. The Balaban J connectivity index is 1.39. The fraction of sp³-hybridized carbons (Fsp3) is 0.450. The van der Waals surface area contributed by atoms with E-state index in [1.165, 1.54) is 12.1 Å². The van der Waals surface area contributed by atoms with E-state index in [-0.39, 0.29) is 5.82 Å². The first-order chi connectivity index (χ1) is 13.2. The number of benzene rings is 1. The van der Waals surface area contributed by atoms with Crippen molar-refractivity contribution in [1.82, 2.24) is 30.4 Å². The normalized spacial score (nSPS) is 18.2. The van der Waals surface area contributed by atoms with Gasteiger partial charge in [0.15, 0.2) is 5.65 Å². The zero-order valence-electron chi connectivity index (χ0n) is 15.5. The first-order valence-corrected chi connectivity index (χ1v) is 9.56. The molecule has 142 valence electrons. The van der Waals surface area contributed by atoms with Crippen molar-refractivity contribution in [2.75, 3.05) is 19.6 Å². The summed E-state index contributed by atoms with van der Waals surface area (Å²) in [6.45, 7) is 5.65. The van der Waals surface area contributed by atoms with Crippen molar-refractivity contribution < 1.29 is 4.39 Å². The van der Waals surface area contributed by atoms with Crippen LogP contribution < -0.4 is 10.6 Å². The molecule has 1 aliphatic heterocycles. The molecular weight excluding hydrogens is 343 g/mol. The second kappa shape index (κ2) is 8.10. The van der Waals surface area contributed by atoms with Crippen molar-refractivity contribution in [3.05, 3.63) is 53.7 Å². The lowest BCUT2D eigenvalue weighted by Crippen LogP contribution is -2.31. The lowest BCUT2D eigenvalue weighted by Gasteiger charge is -2.14. The third kappa shape index (κ3) is 4.14. The van der Waals surface area contributed by atoms with Gasteiger partial charge in [0.25, 0.3) is 0 Å². The topological polar surface area (TPSA) is 67.7 Å². The number of rotatable bonds is 7. The summed E-state index contributed by atoms with van der Waals surface area (Å²) in [7, 11) is 0. The summed E-state index contributed by atoms with van der Waals surface area (Å²) in [5, 5.41) is 11.8. The zero-order valence-corrected chi connectivity index (χ0v) is 15.5. The van der Waals surface area contributed by atoms with Crippen molar-refractivity contribution >= 4 is 11.2 Å². The predicted octanol–water partition coefficient (Wildman–Crippen LogP) is 2.26. The van der Waals surface area contributed by atoms with Gasteiger partial charge in [-0.3, -0.25) is 0 Å². The number of halogens is 1. The molecule has 1 aromatic carbocycles. The quantitative estimate of drug-likeness (QED) is 0.670. The molecule has 2 unspecified atom stereocenters. The Kier molecular flexibility index (Phi) is 5.40. The molecule has 27 heavy (non-hydrogen) atoms. The Hall–Kier alpha value is -2.38. The molecule has 0 spiro atoms. The van der Waals surface area contributed by atoms with Crippen LogP contribution in [-0.2, 0) is 13.0 Å². The summed E-state index contributed by atoms with van der Waals surface area (Å²) in [5.41, 5.74) is 3.96. The Bertz CT molecular complexity index is 885. The summed E-state index contributed by atoms with van der Waals surface area (Å²) < 4.78 is 15.0. The lowest BCUT2D eigenvalue weighted by atomic mass is 10.0. The third-order valence-corrected chi connectivity index (χ3v) is 5.11. The minimum atomic E-state index is -0.195. The van der Waals surface area contributed by atoms with Crippen LogP contribution in [0.25, 0.3) is 11.2 Å². The van der Waals surface area contributed by atoms with Crippen LogP contribution in [0.4, 0.5) is 4.39 Å². The standard InChI is InChI=1S/C20H25FN6/c1-14(12-15-2-4-17(21)5-3-15)23-10-11-27-20-19(24-8-9-25-20)18(26-27)16-6-7-22-13-16/h2-5,8-9,14,16,22-23H,6-7,10-13H2,1H3. The highest BCUT2D eigenvalue weighted by Gasteiger charge is 2.24. The number of nitrogens with one attached hydrogen (secondary N) is 2. The number of hydrogen-bond acceptors (Lipinski definition) is 5. The second-order valence-corrected chi connectivity index (χ2v) is 7.21. The minimum absolute atomic E-state index is 0.195. The van der Waals surface area contributed by atoms with Gasteiger partial charge in [0, 0.05) is 37.4 Å². The van der Waals surface area contributed by atoms with Gasteiger partial charge in [-0.25, -0.2) is 19.0 Å². The molecule has 1 aliphatic rings. The fourth-order valence-corrected chi connectivity index (χ4v) is 3.71. The Labute approximate surface area is 158 Å². The highest BCUT2D eigenvalue weighted by Crippen LogP contribution is 2.26. The highest BCUT2D eigenvalue weighted by atomic mass is 19.1. The molecule has 6 nitrogen and oxygen atoms in total. The van der Waals surface area contributed by atoms with Crippen molar-refractivity contribution in [2.45, 2.75) is 38.3 Å². The van der Waals surface area contributed by atoms with E-state index >= 15 is 0 Å². The summed E-state index contributed by atoms with van der Waals surface area (Å²) in [6, 6.07) is 6.99. The van der Waals surface area contributed by atoms with E-state index < -0.39 is 0 Å². The molecule has 1 saturated heterocycles. The molecule has 7 heteroatoms. The number of hydrogen-bond donors (Lipinski definition) is 2. The lowest BCUT2D eigenvalue weighted by molar-refractivity contribution is 0.494. The molecule has 0 aliphatic carbocycles. The third-order valence-electron chi connectivity index (χ3n) is 5.11. The largest absolute Gasteiger partial charge is 0.316 e. The van der Waals surface area contributed by atoms with E-state index in [1.54, 1.807) is 12.4 Å². The maximum Gasteiger partial charge on any atom is 0.177 e. The van der Waals surface area contributed by atoms with E-state index in [1.807, 2.05) is 16.8 Å². The molecular formula is C20H25FN6. The maximum atomic E-state index is 13.0. The fourth-order valence-electron chi connectivity index (χ4n) is 3.71. The highest BCUT2D eigenvalue weighted by molar-refractivity contribution is 5.73. The van der Waals surface area contributed by atoms with Crippen LogP contribution in [0.2, 0.25) is 0 Å². The van der Waals surface area contributed by atoms with Crippen LogP contribution in [0.3, 0.4) is 0 Å². The molecule has 2 aromatic heterocycles. The molecule has 0 radical (unpaired) electrons. The van der Waals surface area contributed by atoms with E-state index in [2.05, 4.69) is 27.5 Å². The molecule has 1 fully saturated rings. The van der Waals surface area contributed by atoms with E-state index in [0.29, 0.717) is 12.0 Å². The summed E-state index contributed by atoms with van der Waals surface area (Å²) in [4.78, 5) is 9.03. The van der Waals surface area contributed by atoms with Crippen molar-refractivity contribution in [3.8, 4) is 0 Å². The molecule has 0 saturated carbocycles. The summed E-state index contributed by atoms with van der Waals surface area (Å²) in [5.74, 6) is 0.218. The van der Waals surface area contributed by atoms with Gasteiger partial charge in [-0.15, -0.1) is 0 Å². The van der Waals surface area contributed by atoms with Gasteiger partial charge in [-0.1, -0.05) is 12.1 Å². The smallest absolute Gasteiger partial charge is 0.177 e. The Morgan fingerprint density at radius 1 is 1.26 bits per heavy atom. The van der Waals surface area contributed by atoms with Gasteiger partial charge >= 0.3 is 0 Å². The maximum absolute atomic E-state index is 13.0. The Morgan fingerprint density at radius 3 is 2.85 bits per heavy atom. The molecule has 4 rings (SSSR count). The van der Waals surface area contributed by atoms with Gasteiger partial charge in [-0.05, 0) is 44.0 Å². The van der Waals surface area contributed by atoms with Crippen LogP contribution in [-0.4, -0.2) is 45.4 Å². The first-order valence-electron chi connectivity index (χ1n) is 9.56. The van der Waals surface area contributed by atoms with Crippen LogP contribution >= 0.6 is 0 Å². The molecule has 2 atom stereocenters. The first kappa shape index (κ1) is 18.0. The van der Waals surface area contributed by atoms with Crippen LogP contribution in [0.15, 0.2) is 36.7 Å². The predicted molar refractivity (Wildman–Crippen MR) is 103 cm³/mol. The van der Waals surface area contributed by atoms with Gasteiger partial charge in [-0.2, -0.15) is 5.10 Å². The number of nitrogens with zero attached hydrogens (tertiary/aromatic N) is 4. The zero-order chi connectivity index (χ0) is 18.6. The SMILES string of the molecule is CC(Cc1ccc(F)cc1)NCCn1nc(C2CCNC2)c2nccnc21. The second-order valence-electron chi connectivity index (χ2n) is 7.21. The van der Waals surface area contributed by atoms with Crippen LogP contribution in [0.5, 0.6) is 0 Å². The van der Waals surface area contributed by atoms with Crippen molar-refractivity contribution in [1.29, 1.82) is 0 Å². The minimum Gasteiger partial charge on any atom is -0.316 e. The summed E-state index contributed by atoms with van der Waals surface area (Å²) in [6.07, 6.45) is 5.42. The molecule has 2 N–H and O–H groups in total. The van der Waals surface area contributed by atoms with Crippen LogP contribution in [0, 0.1) is 5.82 Å². The van der Waals surface area contributed by atoms with E-state index in [9.17, 15) is 4.39 Å². The average molecular weight is 368 g/mol. The molecule has 3 aromatic rings. The van der Waals surface area contributed by atoms with Crippen LogP contribution in [0.1, 0.15) is 30.5 Å². The summed E-state index contributed by atoms with van der Waals surface area (Å²) >= 11 is 0. The van der Waals surface area contributed by atoms with E-state index in [0.717, 1.165) is 61.4 Å². The molecule has 0 bridgehead atoms. The molecule has 0 amide bonds. The van der Waals surface area contributed by atoms with Gasteiger partial charge in [0.2, 0.25) is 0 Å². The van der Waals surface area contributed by atoms with Crippen molar-refractivity contribution in [3.63, 3.8) is 0 Å².